The fraction of sp³-hybridized carbons (Fsp3) is 0.308. The molecule has 4 aromatic rings. The molecule has 3 heterocycles. The Balaban J connectivity index is 1.35. The van der Waals surface area contributed by atoms with E-state index in [9.17, 15) is 4.79 Å². The summed E-state index contributed by atoms with van der Waals surface area (Å²) in [5.74, 6) is 1.62. The third kappa shape index (κ3) is 4.50. The maximum absolute atomic E-state index is 13.0. The summed E-state index contributed by atoms with van der Waals surface area (Å²) in [5.41, 5.74) is 2.04. The molecular formula is C26H28N6O. The van der Waals surface area contributed by atoms with Crippen molar-refractivity contribution >= 4 is 16.6 Å². The Bertz CT molecular complexity index is 1310. The van der Waals surface area contributed by atoms with Gasteiger partial charge in [-0.2, -0.15) is 5.10 Å². The van der Waals surface area contributed by atoms with Crippen molar-refractivity contribution in [2.75, 3.05) is 31.1 Å². The summed E-state index contributed by atoms with van der Waals surface area (Å²) >= 11 is 0. The first-order valence-corrected chi connectivity index (χ1v) is 11.4. The number of rotatable bonds is 5. The van der Waals surface area contributed by atoms with Gasteiger partial charge in [0.15, 0.2) is 0 Å². The van der Waals surface area contributed by atoms with Crippen LogP contribution in [0.15, 0.2) is 71.7 Å². The van der Waals surface area contributed by atoms with Crippen LogP contribution in [0.5, 0.6) is 0 Å². The maximum atomic E-state index is 13.0. The summed E-state index contributed by atoms with van der Waals surface area (Å²) in [6.07, 6.45) is 1.74. The first-order chi connectivity index (χ1) is 16.1. The highest BCUT2D eigenvalue weighted by atomic mass is 16.1. The smallest absolute Gasteiger partial charge is 0.275 e. The molecule has 33 heavy (non-hydrogen) atoms. The Labute approximate surface area is 193 Å². The van der Waals surface area contributed by atoms with Crippen LogP contribution in [0.4, 0.5) is 5.82 Å². The van der Waals surface area contributed by atoms with E-state index in [0.717, 1.165) is 49.6 Å². The van der Waals surface area contributed by atoms with Crippen molar-refractivity contribution in [3.8, 4) is 0 Å². The topological polar surface area (TPSA) is 67.2 Å². The van der Waals surface area contributed by atoms with E-state index in [1.165, 1.54) is 10.2 Å². The largest absolute Gasteiger partial charge is 0.354 e. The van der Waals surface area contributed by atoms with Crippen LogP contribution in [0.2, 0.25) is 0 Å². The summed E-state index contributed by atoms with van der Waals surface area (Å²) in [4.78, 5) is 27.2. The van der Waals surface area contributed by atoms with Crippen molar-refractivity contribution in [2.24, 2.45) is 0 Å². The average Bonchev–Trinajstić information content (AvgIpc) is 2.85. The van der Waals surface area contributed by atoms with Gasteiger partial charge in [0.05, 0.1) is 23.3 Å². The minimum absolute atomic E-state index is 0.104. The van der Waals surface area contributed by atoms with Gasteiger partial charge < -0.3 is 4.90 Å². The molecule has 7 nitrogen and oxygen atoms in total. The Morgan fingerprint density at radius 1 is 0.939 bits per heavy atom. The number of aryl methyl sites for hydroxylation is 1. The van der Waals surface area contributed by atoms with Crippen LogP contribution in [-0.4, -0.2) is 50.8 Å². The van der Waals surface area contributed by atoms with Crippen LogP contribution in [0.1, 0.15) is 30.0 Å². The average molecular weight is 441 g/mol. The fourth-order valence-corrected chi connectivity index (χ4v) is 4.43. The van der Waals surface area contributed by atoms with Crippen molar-refractivity contribution in [1.82, 2.24) is 24.6 Å². The molecule has 7 heteroatoms. The van der Waals surface area contributed by atoms with Crippen molar-refractivity contribution < 1.29 is 0 Å². The molecule has 0 amide bonds. The molecule has 2 aromatic carbocycles. The third-order valence-corrected chi connectivity index (χ3v) is 6.30. The molecule has 0 saturated carbocycles. The van der Waals surface area contributed by atoms with E-state index in [0.29, 0.717) is 11.2 Å². The zero-order valence-corrected chi connectivity index (χ0v) is 19.1. The summed E-state index contributed by atoms with van der Waals surface area (Å²) in [6.45, 7) is 8.62. The van der Waals surface area contributed by atoms with Gasteiger partial charge in [0.25, 0.3) is 5.56 Å². The van der Waals surface area contributed by atoms with E-state index in [-0.39, 0.29) is 11.6 Å². The van der Waals surface area contributed by atoms with Gasteiger partial charge in [0, 0.05) is 44.2 Å². The quantitative estimate of drug-likeness (QED) is 0.474. The Hall–Kier alpha value is -3.58. The molecule has 0 unspecified atom stereocenters. The third-order valence-electron chi connectivity index (χ3n) is 6.30. The van der Waals surface area contributed by atoms with Gasteiger partial charge in [-0.15, -0.1) is 0 Å². The normalized spacial score (nSPS) is 15.6. The van der Waals surface area contributed by atoms with Gasteiger partial charge in [-0.1, -0.05) is 48.5 Å². The summed E-state index contributed by atoms with van der Waals surface area (Å²) in [5, 5.41) is 5.94. The van der Waals surface area contributed by atoms with E-state index in [1.54, 1.807) is 6.20 Å². The number of hydrogen-bond donors (Lipinski definition) is 0. The molecule has 0 radical (unpaired) electrons. The zero-order valence-electron chi connectivity index (χ0n) is 19.1. The SMILES string of the molecule is Cc1nc([C@H](C)n2ncc3ccccc3c2=O)cc(N2CCN(Cc3ccccc3)CC2)n1. The molecule has 0 bridgehead atoms. The van der Waals surface area contributed by atoms with Gasteiger partial charge in [0.2, 0.25) is 0 Å². The molecule has 1 saturated heterocycles. The number of nitrogens with zero attached hydrogens (tertiary/aromatic N) is 6. The first-order valence-electron chi connectivity index (χ1n) is 11.4. The highest BCUT2D eigenvalue weighted by Gasteiger charge is 2.21. The standard InChI is InChI=1S/C26H28N6O/c1-19(32-26(33)23-11-7-6-10-22(23)17-27-32)24-16-25(29-20(2)28-24)31-14-12-30(13-15-31)18-21-8-4-3-5-9-21/h3-11,16-17,19H,12-15,18H2,1-2H3/t19-/m0/s1. The highest BCUT2D eigenvalue weighted by Crippen LogP contribution is 2.21. The molecule has 1 atom stereocenters. The van der Waals surface area contributed by atoms with Crippen LogP contribution in [0.25, 0.3) is 10.8 Å². The number of fused-ring (bicyclic) bond motifs is 1. The Morgan fingerprint density at radius 3 is 2.45 bits per heavy atom. The van der Waals surface area contributed by atoms with Crippen molar-refractivity contribution in [1.29, 1.82) is 0 Å². The lowest BCUT2D eigenvalue weighted by atomic mass is 10.1. The fourth-order valence-electron chi connectivity index (χ4n) is 4.43. The van der Waals surface area contributed by atoms with Gasteiger partial charge >= 0.3 is 0 Å². The minimum Gasteiger partial charge on any atom is -0.354 e. The van der Waals surface area contributed by atoms with E-state index in [4.69, 9.17) is 4.98 Å². The molecule has 2 aromatic heterocycles. The predicted molar refractivity (Wildman–Crippen MR) is 131 cm³/mol. The second-order valence-electron chi connectivity index (χ2n) is 8.60. The molecule has 1 aliphatic heterocycles. The van der Waals surface area contributed by atoms with Crippen molar-refractivity contribution in [2.45, 2.75) is 26.4 Å². The summed E-state index contributed by atoms with van der Waals surface area (Å²) < 4.78 is 1.52. The molecule has 1 aliphatic rings. The molecular weight excluding hydrogens is 412 g/mol. The monoisotopic (exact) mass is 440 g/mol. The van der Waals surface area contributed by atoms with Crippen LogP contribution in [0.3, 0.4) is 0 Å². The molecule has 0 N–H and O–H groups in total. The second kappa shape index (κ2) is 9.11. The lowest BCUT2D eigenvalue weighted by Gasteiger charge is -2.35. The van der Waals surface area contributed by atoms with Crippen molar-refractivity contribution in [3.63, 3.8) is 0 Å². The minimum atomic E-state index is -0.290. The molecule has 5 rings (SSSR count). The van der Waals surface area contributed by atoms with Gasteiger partial charge in [-0.05, 0) is 25.5 Å². The second-order valence-corrected chi connectivity index (χ2v) is 8.60. The number of anilines is 1. The van der Waals surface area contributed by atoms with Crippen LogP contribution in [-0.2, 0) is 6.54 Å². The molecule has 168 valence electrons. The number of benzene rings is 2. The lowest BCUT2D eigenvalue weighted by Crippen LogP contribution is -2.46. The van der Waals surface area contributed by atoms with Gasteiger partial charge in [-0.25, -0.2) is 14.6 Å². The number of piperazine rings is 1. The van der Waals surface area contributed by atoms with Gasteiger partial charge in [0.1, 0.15) is 11.6 Å². The lowest BCUT2D eigenvalue weighted by molar-refractivity contribution is 0.249. The highest BCUT2D eigenvalue weighted by molar-refractivity contribution is 5.80. The molecule has 1 fully saturated rings. The van der Waals surface area contributed by atoms with E-state index >= 15 is 0 Å². The Kier molecular flexibility index (Phi) is 5.88. The van der Waals surface area contributed by atoms with Crippen molar-refractivity contribution in [3.05, 3.63) is 94.3 Å². The van der Waals surface area contributed by atoms with E-state index < -0.39 is 0 Å². The molecule has 0 spiro atoms. The van der Waals surface area contributed by atoms with E-state index in [1.807, 2.05) is 44.2 Å². The predicted octanol–water partition coefficient (Wildman–Crippen LogP) is 3.43. The van der Waals surface area contributed by atoms with Crippen LogP contribution in [0, 0.1) is 6.92 Å². The Morgan fingerprint density at radius 2 is 1.67 bits per heavy atom. The first kappa shape index (κ1) is 21.3. The molecule has 0 aliphatic carbocycles. The maximum Gasteiger partial charge on any atom is 0.275 e. The number of hydrogen-bond acceptors (Lipinski definition) is 6. The summed E-state index contributed by atoms with van der Waals surface area (Å²) in [6, 6.07) is 19.8. The van der Waals surface area contributed by atoms with Crippen LogP contribution >= 0.6 is 0 Å². The van der Waals surface area contributed by atoms with Gasteiger partial charge in [-0.3, -0.25) is 9.69 Å². The van der Waals surface area contributed by atoms with E-state index in [2.05, 4.69) is 50.2 Å². The number of aromatic nitrogens is 4. The zero-order chi connectivity index (χ0) is 22.8. The van der Waals surface area contributed by atoms with Crippen LogP contribution < -0.4 is 10.5 Å². The summed E-state index contributed by atoms with van der Waals surface area (Å²) in [7, 11) is 0.